The van der Waals surface area contributed by atoms with Crippen LogP contribution in [0.15, 0.2) is 50.9 Å². The van der Waals surface area contributed by atoms with E-state index >= 15 is 0 Å². The molecule has 0 saturated heterocycles. The van der Waals surface area contributed by atoms with Gasteiger partial charge in [-0.05, 0) is 46.6 Å². The summed E-state index contributed by atoms with van der Waals surface area (Å²) < 4.78 is 6.59. The molecule has 0 radical (unpaired) electrons. The molecule has 0 spiro atoms. The zero-order chi connectivity index (χ0) is 13.7. The summed E-state index contributed by atoms with van der Waals surface area (Å²) in [4.78, 5) is 5.35. The number of ether oxygens (including phenoxy) is 1. The van der Waals surface area contributed by atoms with Gasteiger partial charge in [0.1, 0.15) is 10.8 Å². The third kappa shape index (κ3) is 4.14. The number of nitrogens with two attached hydrogens (primary N) is 1. The predicted molar refractivity (Wildman–Crippen MR) is 82.7 cm³/mol. The van der Waals surface area contributed by atoms with E-state index in [0.29, 0.717) is 12.3 Å². The second kappa shape index (κ2) is 6.82. The minimum Gasteiger partial charge on any atom is -0.493 e. The van der Waals surface area contributed by atoms with Gasteiger partial charge in [0, 0.05) is 22.8 Å². The van der Waals surface area contributed by atoms with Crippen LogP contribution in [0.5, 0.6) is 5.75 Å². The van der Waals surface area contributed by atoms with Crippen molar-refractivity contribution >= 4 is 33.4 Å². The molecule has 0 atom stereocenters. The van der Waals surface area contributed by atoms with Crippen molar-refractivity contribution in [3.05, 3.63) is 41.0 Å². The number of benzene rings is 1. The van der Waals surface area contributed by atoms with Crippen LogP contribution in [0.1, 0.15) is 13.3 Å². The van der Waals surface area contributed by atoms with E-state index in [1.807, 2.05) is 30.3 Å². The molecule has 0 unspecified atom stereocenters. The summed E-state index contributed by atoms with van der Waals surface area (Å²) in [7, 11) is 0. The molecule has 2 aromatic rings. The van der Waals surface area contributed by atoms with E-state index in [4.69, 9.17) is 10.5 Å². The van der Waals surface area contributed by atoms with Crippen molar-refractivity contribution in [2.45, 2.75) is 23.3 Å². The Morgan fingerprint density at radius 2 is 2.21 bits per heavy atom. The van der Waals surface area contributed by atoms with Crippen LogP contribution >= 0.6 is 27.7 Å². The number of aromatic nitrogens is 1. The predicted octanol–water partition coefficient (Wildman–Crippen LogP) is 4.37. The zero-order valence-corrected chi connectivity index (χ0v) is 13.0. The van der Waals surface area contributed by atoms with E-state index in [1.165, 1.54) is 0 Å². The Bertz CT molecular complexity index is 563. The third-order valence-corrected chi connectivity index (χ3v) is 4.21. The molecule has 2 N–H and O–H groups in total. The second-order valence-corrected chi connectivity index (χ2v) is 5.90. The molecule has 0 aliphatic heterocycles. The van der Waals surface area contributed by atoms with Crippen LogP contribution in [-0.2, 0) is 0 Å². The summed E-state index contributed by atoms with van der Waals surface area (Å²) in [5, 5.41) is 0.912. The van der Waals surface area contributed by atoms with Crippen LogP contribution < -0.4 is 10.5 Å². The van der Waals surface area contributed by atoms with Crippen molar-refractivity contribution < 1.29 is 4.74 Å². The fourth-order valence-corrected chi connectivity index (χ4v) is 2.88. The number of nitrogen functional groups attached to an aromatic ring is 1. The summed E-state index contributed by atoms with van der Waals surface area (Å²) in [6.07, 6.45) is 2.75. The second-order valence-electron chi connectivity index (χ2n) is 3.98. The molecule has 3 nitrogen and oxygen atoms in total. The maximum atomic E-state index is 5.90. The number of hydrogen-bond donors (Lipinski definition) is 1. The number of hydrogen-bond acceptors (Lipinski definition) is 4. The Morgan fingerprint density at radius 1 is 1.37 bits per heavy atom. The number of anilines is 1. The molecule has 1 heterocycles. The van der Waals surface area contributed by atoms with Crippen molar-refractivity contribution in [2.75, 3.05) is 12.3 Å². The fourth-order valence-electron chi connectivity index (χ4n) is 1.51. The molecule has 0 aliphatic carbocycles. The van der Waals surface area contributed by atoms with Gasteiger partial charge in [0.2, 0.25) is 0 Å². The maximum absolute atomic E-state index is 5.90. The minimum absolute atomic E-state index is 0.695. The van der Waals surface area contributed by atoms with Gasteiger partial charge in [-0.2, -0.15) is 0 Å². The van der Waals surface area contributed by atoms with Crippen LogP contribution in [0.3, 0.4) is 0 Å². The lowest BCUT2D eigenvalue weighted by molar-refractivity contribution is 0.317. The first kappa shape index (κ1) is 14.2. The highest BCUT2D eigenvalue weighted by molar-refractivity contribution is 9.10. The van der Waals surface area contributed by atoms with E-state index in [2.05, 4.69) is 27.8 Å². The summed E-state index contributed by atoms with van der Waals surface area (Å²) in [5.74, 6) is 0.802. The van der Waals surface area contributed by atoms with Crippen LogP contribution in [0.4, 0.5) is 5.69 Å². The SMILES string of the molecule is CCCOc1cc(N)cc(Sc2ncccc2Br)c1. The molecule has 100 valence electrons. The first-order chi connectivity index (χ1) is 9.19. The summed E-state index contributed by atoms with van der Waals surface area (Å²) in [6, 6.07) is 9.61. The third-order valence-electron chi connectivity index (χ3n) is 2.31. The fraction of sp³-hybridized carbons (Fsp3) is 0.214. The van der Waals surface area contributed by atoms with E-state index in [-0.39, 0.29) is 0 Å². The molecule has 5 heteroatoms. The lowest BCUT2D eigenvalue weighted by Crippen LogP contribution is -1.96. The molecule has 19 heavy (non-hydrogen) atoms. The van der Waals surface area contributed by atoms with E-state index in [0.717, 1.165) is 26.6 Å². The highest BCUT2D eigenvalue weighted by Crippen LogP contribution is 2.34. The lowest BCUT2D eigenvalue weighted by atomic mass is 10.3. The normalized spacial score (nSPS) is 10.4. The average Bonchev–Trinajstić information content (AvgIpc) is 2.38. The standard InChI is InChI=1S/C14H15BrN2OS/c1-2-6-18-11-7-10(16)8-12(9-11)19-14-13(15)4-3-5-17-14/h3-5,7-9H,2,6,16H2,1H3. The first-order valence-electron chi connectivity index (χ1n) is 6.01. The van der Waals surface area contributed by atoms with Crippen molar-refractivity contribution in [2.24, 2.45) is 0 Å². The molecule has 0 bridgehead atoms. The van der Waals surface area contributed by atoms with Gasteiger partial charge < -0.3 is 10.5 Å². The molecule has 0 amide bonds. The van der Waals surface area contributed by atoms with Crippen molar-refractivity contribution in [3.63, 3.8) is 0 Å². The van der Waals surface area contributed by atoms with Crippen LogP contribution in [0.2, 0.25) is 0 Å². The Kier molecular flexibility index (Phi) is 5.10. The topological polar surface area (TPSA) is 48.1 Å². The molecule has 1 aromatic heterocycles. The molecular formula is C14H15BrN2OS. The van der Waals surface area contributed by atoms with Crippen molar-refractivity contribution in [3.8, 4) is 5.75 Å². The summed E-state index contributed by atoms with van der Waals surface area (Å²) in [5.41, 5.74) is 6.59. The van der Waals surface area contributed by atoms with Crippen molar-refractivity contribution in [1.29, 1.82) is 0 Å². The van der Waals surface area contributed by atoms with Crippen LogP contribution in [0, 0.1) is 0 Å². The van der Waals surface area contributed by atoms with Crippen LogP contribution in [-0.4, -0.2) is 11.6 Å². The number of nitrogens with zero attached hydrogens (tertiary/aromatic N) is 1. The Labute approximate surface area is 125 Å². The largest absolute Gasteiger partial charge is 0.493 e. The minimum atomic E-state index is 0.695. The van der Waals surface area contributed by atoms with Gasteiger partial charge in [-0.3, -0.25) is 0 Å². The van der Waals surface area contributed by atoms with Gasteiger partial charge in [0.15, 0.2) is 0 Å². The highest BCUT2D eigenvalue weighted by Gasteiger charge is 2.06. The Balaban J connectivity index is 2.20. The highest BCUT2D eigenvalue weighted by atomic mass is 79.9. The molecule has 0 saturated carbocycles. The Hall–Kier alpha value is -1.20. The van der Waals surface area contributed by atoms with E-state index in [9.17, 15) is 0 Å². The van der Waals surface area contributed by atoms with Gasteiger partial charge >= 0.3 is 0 Å². The lowest BCUT2D eigenvalue weighted by Gasteiger charge is -2.09. The quantitative estimate of drug-likeness (QED) is 0.822. The number of rotatable bonds is 5. The molecule has 0 aliphatic rings. The average molecular weight is 339 g/mol. The molecule has 2 rings (SSSR count). The molecule has 0 fully saturated rings. The smallest absolute Gasteiger partial charge is 0.122 e. The van der Waals surface area contributed by atoms with Crippen LogP contribution in [0.25, 0.3) is 0 Å². The van der Waals surface area contributed by atoms with E-state index < -0.39 is 0 Å². The molecular weight excluding hydrogens is 324 g/mol. The Morgan fingerprint density at radius 3 is 2.95 bits per heavy atom. The molecule has 1 aromatic carbocycles. The number of halogens is 1. The van der Waals surface area contributed by atoms with Gasteiger partial charge in [-0.15, -0.1) is 0 Å². The monoisotopic (exact) mass is 338 g/mol. The first-order valence-corrected chi connectivity index (χ1v) is 7.61. The maximum Gasteiger partial charge on any atom is 0.122 e. The zero-order valence-electron chi connectivity index (χ0n) is 10.6. The van der Waals surface area contributed by atoms with Gasteiger partial charge in [0.25, 0.3) is 0 Å². The van der Waals surface area contributed by atoms with Gasteiger partial charge in [-0.25, -0.2) is 4.98 Å². The van der Waals surface area contributed by atoms with Gasteiger partial charge in [-0.1, -0.05) is 18.7 Å². The number of pyridine rings is 1. The van der Waals surface area contributed by atoms with Crippen molar-refractivity contribution in [1.82, 2.24) is 4.98 Å². The van der Waals surface area contributed by atoms with Gasteiger partial charge in [0.05, 0.1) is 11.1 Å². The van der Waals surface area contributed by atoms with E-state index in [1.54, 1.807) is 18.0 Å². The summed E-state index contributed by atoms with van der Waals surface area (Å²) >= 11 is 5.04. The summed E-state index contributed by atoms with van der Waals surface area (Å²) in [6.45, 7) is 2.77.